The van der Waals surface area contributed by atoms with Gasteiger partial charge in [0.15, 0.2) is 0 Å². The molecule has 2 aliphatic rings. The van der Waals surface area contributed by atoms with Gasteiger partial charge in [0.2, 0.25) is 0 Å². The van der Waals surface area contributed by atoms with Crippen LogP contribution in [-0.4, -0.2) is 42.6 Å². The lowest BCUT2D eigenvalue weighted by atomic mass is 9.67. The van der Waals surface area contributed by atoms with Crippen LogP contribution in [0, 0.1) is 5.41 Å². The van der Waals surface area contributed by atoms with Crippen molar-refractivity contribution in [1.82, 2.24) is 9.88 Å². The molecule has 1 aromatic carbocycles. The molecule has 1 aromatic heterocycles. The molecule has 1 N–H and O–H groups in total. The van der Waals surface area contributed by atoms with E-state index in [2.05, 4.69) is 60.9 Å². The highest BCUT2D eigenvalue weighted by Gasteiger charge is 2.48. The number of carbonyl (C=O) groups is 1. The molecule has 3 atom stereocenters. The number of H-pyrrole nitrogens is 1. The zero-order valence-electron chi connectivity index (χ0n) is 14.0. The highest BCUT2D eigenvalue weighted by molar-refractivity contribution is 9.10. The smallest absolute Gasteiger partial charge is 0.312 e. The fraction of sp³-hybridized carbons (Fsp3) is 0.500. The summed E-state index contributed by atoms with van der Waals surface area (Å²) in [5, 5.41) is 1.31. The van der Waals surface area contributed by atoms with E-state index in [0.29, 0.717) is 12.0 Å². The van der Waals surface area contributed by atoms with Gasteiger partial charge in [-0.15, -0.1) is 0 Å². The molecule has 0 amide bonds. The van der Waals surface area contributed by atoms with E-state index in [9.17, 15) is 4.79 Å². The van der Waals surface area contributed by atoms with Gasteiger partial charge in [-0.3, -0.25) is 4.79 Å². The number of aromatic amines is 1. The molecule has 0 saturated carbocycles. The van der Waals surface area contributed by atoms with E-state index in [1.807, 2.05) is 6.92 Å². The second-order valence-corrected chi connectivity index (χ2v) is 9.09. The lowest BCUT2D eigenvalue weighted by Crippen LogP contribution is -2.54. The minimum Gasteiger partial charge on any atom is -0.469 e. The summed E-state index contributed by atoms with van der Waals surface area (Å²) >= 11 is 7.34. The number of nitrogens with one attached hydrogen (secondary N) is 1. The molecule has 0 radical (unpaired) electrons. The Bertz CT molecular complexity index is 847. The number of piperidine rings is 1. The minimum absolute atomic E-state index is 0.111. The Labute approximate surface area is 158 Å². The molecule has 4 nitrogen and oxygen atoms in total. The van der Waals surface area contributed by atoms with Crippen LogP contribution in [0.25, 0.3) is 10.9 Å². The molecule has 2 aromatic rings. The number of carbonyl (C=O) groups excluding carboxylic acids is 1. The molecule has 6 heteroatoms. The maximum Gasteiger partial charge on any atom is 0.312 e. The predicted molar refractivity (Wildman–Crippen MR) is 101 cm³/mol. The number of fused-ring (bicyclic) bond motifs is 2. The summed E-state index contributed by atoms with van der Waals surface area (Å²) in [6, 6.07) is 4.75. The first-order chi connectivity index (χ1) is 11.3. The molecular weight excluding hydrogens is 436 g/mol. The topological polar surface area (TPSA) is 45.3 Å². The van der Waals surface area contributed by atoms with Crippen LogP contribution in [0.1, 0.15) is 30.4 Å². The normalized spacial score (nSPS) is 29.5. The molecule has 1 unspecified atom stereocenters. The summed E-state index contributed by atoms with van der Waals surface area (Å²) in [6.45, 7) is 2.76. The third-order valence-electron chi connectivity index (χ3n) is 5.74. The number of likely N-dealkylation sites (tertiary alicyclic amines) is 1. The largest absolute Gasteiger partial charge is 0.469 e. The molecule has 128 valence electrons. The average molecular weight is 456 g/mol. The van der Waals surface area contributed by atoms with E-state index in [1.54, 1.807) is 0 Å². The number of aromatic nitrogens is 1. The number of rotatable bonds is 1. The Morgan fingerprint density at radius 1 is 1.42 bits per heavy atom. The highest BCUT2D eigenvalue weighted by atomic mass is 79.9. The summed E-state index contributed by atoms with van der Waals surface area (Å²) < 4.78 is 7.25. The molecule has 0 spiro atoms. The third kappa shape index (κ3) is 2.30. The summed E-state index contributed by atoms with van der Waals surface area (Å²) in [5.74, 6) is 0.211. The monoisotopic (exact) mass is 454 g/mol. The van der Waals surface area contributed by atoms with Crippen LogP contribution < -0.4 is 0 Å². The number of ether oxygens (including phenoxy) is 1. The first kappa shape index (κ1) is 16.6. The van der Waals surface area contributed by atoms with E-state index < -0.39 is 5.41 Å². The molecule has 1 aliphatic carbocycles. The fourth-order valence-electron chi connectivity index (χ4n) is 4.73. The van der Waals surface area contributed by atoms with Crippen LogP contribution in [-0.2, 0) is 16.0 Å². The number of nitrogens with zero attached hydrogens (tertiary/aromatic N) is 1. The van der Waals surface area contributed by atoms with Crippen LogP contribution in [0.5, 0.6) is 0 Å². The van der Waals surface area contributed by atoms with Crippen LogP contribution in [0.3, 0.4) is 0 Å². The number of esters is 1. The predicted octanol–water partition coefficient (Wildman–Crippen LogP) is 4.22. The van der Waals surface area contributed by atoms with Gasteiger partial charge in [-0.2, -0.15) is 0 Å². The van der Waals surface area contributed by atoms with Gasteiger partial charge in [0, 0.05) is 33.9 Å². The van der Waals surface area contributed by atoms with Gasteiger partial charge in [-0.25, -0.2) is 0 Å². The number of halogens is 2. The van der Waals surface area contributed by atoms with Crippen molar-refractivity contribution in [2.45, 2.75) is 31.7 Å². The number of likely N-dealkylation sites (N-methyl/N-ethyl adjacent to an activating group) is 1. The summed E-state index contributed by atoms with van der Waals surface area (Å²) in [6.07, 6.45) is 1.82. The van der Waals surface area contributed by atoms with E-state index in [4.69, 9.17) is 4.74 Å². The summed E-state index contributed by atoms with van der Waals surface area (Å²) in [7, 11) is 3.61. The number of benzene rings is 1. The van der Waals surface area contributed by atoms with E-state index in [-0.39, 0.29) is 5.97 Å². The molecular formula is C18H20Br2N2O2. The molecule has 1 fully saturated rings. The second kappa shape index (κ2) is 5.58. The average Bonchev–Trinajstić information content (AvgIpc) is 2.84. The van der Waals surface area contributed by atoms with Crippen LogP contribution in [0.2, 0.25) is 0 Å². The van der Waals surface area contributed by atoms with Crippen LogP contribution >= 0.6 is 31.9 Å². The number of hydrogen-bond acceptors (Lipinski definition) is 3. The van der Waals surface area contributed by atoms with Crippen molar-refractivity contribution in [2.75, 3.05) is 20.7 Å². The van der Waals surface area contributed by atoms with Crippen molar-refractivity contribution in [2.24, 2.45) is 5.41 Å². The zero-order chi connectivity index (χ0) is 17.2. The maximum absolute atomic E-state index is 12.4. The van der Waals surface area contributed by atoms with Crippen molar-refractivity contribution >= 4 is 48.7 Å². The number of methoxy groups -OCH3 is 1. The van der Waals surface area contributed by atoms with Crippen molar-refractivity contribution in [3.63, 3.8) is 0 Å². The van der Waals surface area contributed by atoms with Gasteiger partial charge >= 0.3 is 5.97 Å². The summed E-state index contributed by atoms with van der Waals surface area (Å²) in [4.78, 5) is 18.2. The van der Waals surface area contributed by atoms with Gasteiger partial charge in [0.25, 0.3) is 0 Å². The van der Waals surface area contributed by atoms with E-state index >= 15 is 0 Å². The molecule has 24 heavy (non-hydrogen) atoms. The molecule has 4 rings (SSSR count). The van der Waals surface area contributed by atoms with Crippen molar-refractivity contribution in [1.29, 1.82) is 0 Å². The van der Waals surface area contributed by atoms with Gasteiger partial charge in [0.05, 0.1) is 17.1 Å². The lowest BCUT2D eigenvalue weighted by Gasteiger charge is -2.48. The Morgan fingerprint density at radius 2 is 2.17 bits per heavy atom. The third-order valence-corrected chi connectivity index (χ3v) is 6.87. The van der Waals surface area contributed by atoms with Gasteiger partial charge in [-0.05, 0) is 66.0 Å². The molecule has 0 bridgehead atoms. The second-order valence-electron chi connectivity index (χ2n) is 7.38. The van der Waals surface area contributed by atoms with Crippen molar-refractivity contribution in [3.8, 4) is 0 Å². The van der Waals surface area contributed by atoms with E-state index in [1.165, 1.54) is 23.6 Å². The Kier molecular flexibility index (Phi) is 3.86. The van der Waals surface area contributed by atoms with Gasteiger partial charge in [-0.1, -0.05) is 15.9 Å². The van der Waals surface area contributed by atoms with E-state index in [0.717, 1.165) is 34.0 Å². The maximum atomic E-state index is 12.4. The van der Waals surface area contributed by atoms with Crippen molar-refractivity contribution < 1.29 is 9.53 Å². The van der Waals surface area contributed by atoms with Crippen molar-refractivity contribution in [3.05, 3.63) is 32.3 Å². The SMILES string of the molecule is COC(=O)[C@]1(C)CC2c3cc(Br)cc4[nH]c(Br)c(c34)C[C@H]2N(C)C1. The quantitative estimate of drug-likeness (QED) is 0.655. The Morgan fingerprint density at radius 3 is 2.88 bits per heavy atom. The molecule has 2 heterocycles. The summed E-state index contributed by atoms with van der Waals surface area (Å²) in [5.41, 5.74) is 3.36. The highest BCUT2D eigenvalue weighted by Crippen LogP contribution is 2.50. The molecule has 1 aliphatic heterocycles. The first-order valence-electron chi connectivity index (χ1n) is 8.12. The fourth-order valence-corrected chi connectivity index (χ4v) is 5.78. The van der Waals surface area contributed by atoms with Crippen LogP contribution in [0.4, 0.5) is 0 Å². The lowest BCUT2D eigenvalue weighted by molar-refractivity contribution is -0.156. The Balaban J connectivity index is 1.89. The van der Waals surface area contributed by atoms with Gasteiger partial charge in [0.1, 0.15) is 0 Å². The Hall–Kier alpha value is -0.850. The molecule has 1 saturated heterocycles. The van der Waals surface area contributed by atoms with Crippen LogP contribution in [0.15, 0.2) is 21.2 Å². The number of hydrogen-bond donors (Lipinski definition) is 1. The van der Waals surface area contributed by atoms with Gasteiger partial charge < -0.3 is 14.6 Å². The first-order valence-corrected chi connectivity index (χ1v) is 9.71. The zero-order valence-corrected chi connectivity index (χ0v) is 17.1. The minimum atomic E-state index is -0.468. The standard InChI is InChI=1S/C18H20Br2N2O2/c1-18(17(23)24-3)7-12-10-4-9(19)5-13-15(10)11(16(20)21-13)6-14(12)22(2)8-18/h4-5,12,14,21H,6-8H2,1-3H3/t12?,14-,18-/m1/s1.